The Morgan fingerprint density at radius 1 is 1.35 bits per heavy atom. The van der Waals surface area contributed by atoms with Crippen molar-refractivity contribution in [3.8, 4) is 0 Å². The van der Waals surface area contributed by atoms with Gasteiger partial charge in [-0.3, -0.25) is 9.69 Å². The molecule has 1 aromatic carbocycles. The van der Waals surface area contributed by atoms with Gasteiger partial charge < -0.3 is 10.0 Å². The third kappa shape index (κ3) is 2.34. The van der Waals surface area contributed by atoms with Crippen molar-refractivity contribution in [2.75, 3.05) is 31.1 Å². The van der Waals surface area contributed by atoms with Crippen LogP contribution in [0.5, 0.6) is 0 Å². The number of aliphatic hydroxyl groups is 1. The predicted octanol–water partition coefficient (Wildman–Crippen LogP) is 1.28. The maximum absolute atomic E-state index is 12.5. The number of fused-ring (bicyclic) bond motifs is 1. The Kier molecular flexibility index (Phi) is 3.76. The third-order valence-corrected chi connectivity index (χ3v) is 4.71. The van der Waals surface area contributed by atoms with Crippen LogP contribution in [-0.2, 0) is 11.2 Å². The molecule has 2 unspecified atom stereocenters. The van der Waals surface area contributed by atoms with E-state index in [4.69, 9.17) is 0 Å². The maximum atomic E-state index is 12.5. The van der Waals surface area contributed by atoms with Crippen molar-refractivity contribution >= 4 is 11.6 Å². The molecule has 4 heteroatoms. The molecular formula is C16H22N2O2. The van der Waals surface area contributed by atoms with Crippen molar-refractivity contribution in [1.29, 1.82) is 0 Å². The number of nitrogens with zero attached hydrogens (tertiary/aromatic N) is 2. The third-order valence-electron chi connectivity index (χ3n) is 4.71. The van der Waals surface area contributed by atoms with Gasteiger partial charge in [0.2, 0.25) is 5.91 Å². The summed E-state index contributed by atoms with van der Waals surface area (Å²) in [6.45, 7) is 4.41. The largest absolute Gasteiger partial charge is 0.395 e. The molecule has 0 aromatic heterocycles. The van der Waals surface area contributed by atoms with Crippen LogP contribution in [0.4, 0.5) is 5.69 Å². The van der Waals surface area contributed by atoms with Crippen LogP contribution >= 0.6 is 0 Å². The Morgan fingerprint density at radius 2 is 2.15 bits per heavy atom. The lowest BCUT2D eigenvalue weighted by Gasteiger charge is -2.27. The van der Waals surface area contributed by atoms with Gasteiger partial charge in [-0.25, -0.2) is 0 Å². The molecule has 1 saturated heterocycles. The summed E-state index contributed by atoms with van der Waals surface area (Å²) in [5.74, 6) is 0.626. The molecule has 1 N–H and O–H groups in total. The number of carbonyl (C=O) groups excluding carboxylic acids is 1. The summed E-state index contributed by atoms with van der Waals surface area (Å²) in [5, 5.41) is 9.48. The number of rotatable bonds is 3. The minimum Gasteiger partial charge on any atom is -0.395 e. The molecular weight excluding hydrogens is 252 g/mol. The van der Waals surface area contributed by atoms with Gasteiger partial charge in [-0.1, -0.05) is 25.1 Å². The molecule has 2 aliphatic rings. The molecule has 2 aliphatic heterocycles. The van der Waals surface area contributed by atoms with Crippen LogP contribution in [-0.4, -0.2) is 48.2 Å². The fourth-order valence-electron chi connectivity index (χ4n) is 3.44. The van der Waals surface area contributed by atoms with E-state index in [0.29, 0.717) is 12.5 Å². The van der Waals surface area contributed by atoms with Crippen LogP contribution in [0.15, 0.2) is 24.3 Å². The highest BCUT2D eigenvalue weighted by atomic mass is 16.3. The van der Waals surface area contributed by atoms with Crippen LogP contribution in [0.2, 0.25) is 0 Å². The van der Waals surface area contributed by atoms with E-state index in [1.54, 1.807) is 0 Å². The highest BCUT2D eigenvalue weighted by Gasteiger charge is 2.33. The highest BCUT2D eigenvalue weighted by Crippen LogP contribution is 2.29. The van der Waals surface area contributed by atoms with Crippen LogP contribution in [0, 0.1) is 5.92 Å². The summed E-state index contributed by atoms with van der Waals surface area (Å²) in [4.78, 5) is 16.6. The first-order chi connectivity index (χ1) is 9.70. The first kappa shape index (κ1) is 13.6. The van der Waals surface area contributed by atoms with E-state index in [9.17, 15) is 9.90 Å². The van der Waals surface area contributed by atoms with Crippen LogP contribution < -0.4 is 4.90 Å². The van der Waals surface area contributed by atoms with Crippen molar-refractivity contribution in [3.63, 3.8) is 0 Å². The quantitative estimate of drug-likeness (QED) is 0.903. The first-order valence-corrected chi connectivity index (χ1v) is 7.44. The Labute approximate surface area is 120 Å². The fraction of sp³-hybridized carbons (Fsp3) is 0.562. The van der Waals surface area contributed by atoms with Crippen molar-refractivity contribution < 1.29 is 9.90 Å². The predicted molar refractivity (Wildman–Crippen MR) is 78.7 cm³/mol. The summed E-state index contributed by atoms with van der Waals surface area (Å²) in [5.41, 5.74) is 2.32. The van der Waals surface area contributed by atoms with Gasteiger partial charge in [-0.2, -0.15) is 0 Å². The number of hydrogen-bond donors (Lipinski definition) is 1. The molecule has 1 aromatic rings. The van der Waals surface area contributed by atoms with E-state index >= 15 is 0 Å². The van der Waals surface area contributed by atoms with E-state index < -0.39 is 0 Å². The topological polar surface area (TPSA) is 43.8 Å². The number of carbonyl (C=O) groups is 1. The lowest BCUT2D eigenvalue weighted by atomic mass is 10.0. The lowest BCUT2D eigenvalue weighted by Crippen LogP contribution is -2.44. The second-order valence-corrected chi connectivity index (χ2v) is 5.91. The summed E-state index contributed by atoms with van der Waals surface area (Å²) < 4.78 is 0. The Morgan fingerprint density at radius 3 is 2.95 bits per heavy atom. The van der Waals surface area contributed by atoms with Crippen LogP contribution in [0.25, 0.3) is 0 Å². The second-order valence-electron chi connectivity index (χ2n) is 5.91. The number of likely N-dealkylation sites (tertiary alicyclic amines) is 1. The number of hydrogen-bond acceptors (Lipinski definition) is 3. The van der Waals surface area contributed by atoms with Gasteiger partial charge >= 0.3 is 0 Å². The standard InChI is InChI=1S/C16H22N2O2/c1-12-6-8-17(15(12)11-19)10-16(20)18-9-7-13-4-2-3-5-14(13)18/h2-5,12,15,19H,6-11H2,1H3. The summed E-state index contributed by atoms with van der Waals surface area (Å²) in [6.07, 6.45) is 2.01. The minimum atomic E-state index is 0.136. The average Bonchev–Trinajstić information content (AvgIpc) is 3.02. The maximum Gasteiger partial charge on any atom is 0.241 e. The summed E-state index contributed by atoms with van der Waals surface area (Å²) in [7, 11) is 0. The Bertz CT molecular complexity index is 503. The van der Waals surface area contributed by atoms with Crippen LogP contribution in [0.1, 0.15) is 18.9 Å². The van der Waals surface area contributed by atoms with Crippen molar-refractivity contribution in [2.24, 2.45) is 5.92 Å². The second kappa shape index (κ2) is 5.54. The van der Waals surface area contributed by atoms with Gasteiger partial charge in [0.25, 0.3) is 0 Å². The van der Waals surface area contributed by atoms with Crippen LogP contribution in [0.3, 0.4) is 0 Å². The molecule has 3 rings (SSSR count). The molecule has 0 bridgehead atoms. The van der Waals surface area contributed by atoms with Gasteiger partial charge in [-0.05, 0) is 36.9 Å². The molecule has 4 nitrogen and oxygen atoms in total. The average molecular weight is 274 g/mol. The molecule has 2 atom stereocenters. The van der Waals surface area contributed by atoms with Crippen molar-refractivity contribution in [1.82, 2.24) is 4.90 Å². The smallest absolute Gasteiger partial charge is 0.241 e. The zero-order chi connectivity index (χ0) is 14.1. The normalized spacial score (nSPS) is 26.0. The fourth-order valence-corrected chi connectivity index (χ4v) is 3.44. The number of amides is 1. The van der Waals surface area contributed by atoms with E-state index in [1.165, 1.54) is 5.56 Å². The summed E-state index contributed by atoms with van der Waals surface area (Å²) in [6, 6.07) is 8.26. The van der Waals surface area contributed by atoms with E-state index in [2.05, 4.69) is 17.9 Å². The van der Waals surface area contributed by atoms with Gasteiger partial charge in [0.1, 0.15) is 0 Å². The zero-order valence-electron chi connectivity index (χ0n) is 12.0. The molecule has 2 heterocycles. The Balaban J connectivity index is 1.69. The van der Waals surface area contributed by atoms with Gasteiger partial charge in [0, 0.05) is 18.3 Å². The number of anilines is 1. The molecule has 1 amide bonds. The van der Waals surface area contributed by atoms with E-state index in [0.717, 1.165) is 31.6 Å². The SMILES string of the molecule is CC1CCN(CC(=O)N2CCc3ccccc32)C1CO. The van der Waals surface area contributed by atoms with E-state index in [-0.39, 0.29) is 18.6 Å². The van der Waals surface area contributed by atoms with E-state index in [1.807, 2.05) is 23.1 Å². The molecule has 20 heavy (non-hydrogen) atoms. The van der Waals surface area contributed by atoms with Gasteiger partial charge in [0.05, 0.1) is 13.2 Å². The van der Waals surface area contributed by atoms with Crippen molar-refractivity contribution in [3.05, 3.63) is 29.8 Å². The first-order valence-electron chi connectivity index (χ1n) is 7.44. The van der Waals surface area contributed by atoms with Crippen molar-refractivity contribution in [2.45, 2.75) is 25.8 Å². The highest BCUT2D eigenvalue weighted by molar-refractivity contribution is 5.96. The van der Waals surface area contributed by atoms with Gasteiger partial charge in [0.15, 0.2) is 0 Å². The van der Waals surface area contributed by atoms with Gasteiger partial charge in [-0.15, -0.1) is 0 Å². The number of para-hydroxylation sites is 1. The number of benzene rings is 1. The minimum absolute atomic E-state index is 0.136. The molecule has 0 saturated carbocycles. The zero-order valence-corrected chi connectivity index (χ0v) is 12.0. The molecule has 0 spiro atoms. The monoisotopic (exact) mass is 274 g/mol. The summed E-state index contributed by atoms with van der Waals surface area (Å²) >= 11 is 0. The molecule has 108 valence electrons. The molecule has 1 fully saturated rings. The molecule has 0 aliphatic carbocycles. The Hall–Kier alpha value is -1.39. The lowest BCUT2D eigenvalue weighted by molar-refractivity contribution is -0.120. The number of aliphatic hydroxyl groups excluding tert-OH is 1. The molecule has 0 radical (unpaired) electrons.